The van der Waals surface area contributed by atoms with Crippen molar-refractivity contribution in [1.82, 2.24) is 20.2 Å². The Bertz CT molecular complexity index is 685. The fraction of sp³-hybridized carbons (Fsp3) is 0.368. The highest BCUT2D eigenvalue weighted by Gasteiger charge is 2.13. The molecule has 1 heterocycles. The minimum atomic E-state index is -0.275. The van der Waals surface area contributed by atoms with Gasteiger partial charge < -0.3 is 15.2 Å². The lowest BCUT2D eigenvalue weighted by Crippen LogP contribution is -2.43. The number of nitrogens with one attached hydrogen (secondary N) is 2. The minimum absolute atomic E-state index is 0.189. The zero-order chi connectivity index (χ0) is 17.4. The van der Waals surface area contributed by atoms with Crippen LogP contribution < -0.4 is 10.6 Å². The third-order valence-corrected chi connectivity index (χ3v) is 3.83. The van der Waals surface area contributed by atoms with E-state index >= 15 is 0 Å². The molecule has 126 valence electrons. The molecular weight excluding hydrogens is 300 g/mol. The SMILES string of the molecule is C#C[C@@H](NC(=O)NCc1nccn1CCc1ccccc1)C(C)C. The second-order valence-electron chi connectivity index (χ2n) is 5.99. The largest absolute Gasteiger partial charge is 0.333 e. The van der Waals surface area contributed by atoms with Crippen molar-refractivity contribution >= 4 is 6.03 Å². The van der Waals surface area contributed by atoms with Crippen LogP contribution in [-0.2, 0) is 19.5 Å². The maximum absolute atomic E-state index is 11.9. The molecule has 0 aliphatic heterocycles. The van der Waals surface area contributed by atoms with Crippen LogP contribution in [0.15, 0.2) is 42.7 Å². The highest BCUT2D eigenvalue weighted by molar-refractivity contribution is 5.74. The third-order valence-electron chi connectivity index (χ3n) is 3.83. The first-order valence-electron chi connectivity index (χ1n) is 8.14. The van der Waals surface area contributed by atoms with Gasteiger partial charge >= 0.3 is 6.03 Å². The number of hydrogen-bond donors (Lipinski definition) is 2. The van der Waals surface area contributed by atoms with Gasteiger partial charge in [-0.05, 0) is 17.9 Å². The molecule has 1 aromatic heterocycles. The predicted molar refractivity (Wildman–Crippen MR) is 95.2 cm³/mol. The van der Waals surface area contributed by atoms with Gasteiger partial charge in [-0.3, -0.25) is 0 Å². The molecule has 2 N–H and O–H groups in total. The van der Waals surface area contributed by atoms with Crippen molar-refractivity contribution in [3.05, 3.63) is 54.1 Å². The standard InChI is InChI=1S/C19H24N4O/c1-4-17(15(2)3)22-19(24)21-14-18-20-11-13-23(18)12-10-16-8-6-5-7-9-16/h1,5-9,11,13,15,17H,10,12,14H2,2-3H3,(H2,21,22,24)/t17-/m1/s1. The van der Waals surface area contributed by atoms with Crippen molar-refractivity contribution in [2.45, 2.75) is 39.4 Å². The lowest BCUT2D eigenvalue weighted by atomic mass is 10.1. The number of aryl methyl sites for hydroxylation is 2. The topological polar surface area (TPSA) is 59.0 Å². The van der Waals surface area contributed by atoms with E-state index < -0.39 is 0 Å². The van der Waals surface area contributed by atoms with Gasteiger partial charge in [-0.2, -0.15) is 0 Å². The maximum Gasteiger partial charge on any atom is 0.316 e. The summed E-state index contributed by atoms with van der Waals surface area (Å²) < 4.78 is 2.05. The number of aromatic nitrogens is 2. The second-order valence-corrected chi connectivity index (χ2v) is 5.99. The molecule has 1 aromatic carbocycles. The van der Waals surface area contributed by atoms with Crippen LogP contribution >= 0.6 is 0 Å². The average molecular weight is 324 g/mol. The number of rotatable bonds is 7. The summed E-state index contributed by atoms with van der Waals surface area (Å²) in [5.74, 6) is 3.59. The lowest BCUT2D eigenvalue weighted by molar-refractivity contribution is 0.236. The molecule has 0 unspecified atom stereocenters. The van der Waals surface area contributed by atoms with E-state index in [1.54, 1.807) is 6.20 Å². The zero-order valence-corrected chi connectivity index (χ0v) is 14.2. The Labute approximate surface area is 143 Å². The van der Waals surface area contributed by atoms with Crippen molar-refractivity contribution in [2.75, 3.05) is 0 Å². The van der Waals surface area contributed by atoms with E-state index in [1.165, 1.54) is 5.56 Å². The summed E-state index contributed by atoms with van der Waals surface area (Å²) in [6.45, 7) is 5.13. The van der Waals surface area contributed by atoms with Gasteiger partial charge in [-0.1, -0.05) is 50.1 Å². The van der Waals surface area contributed by atoms with Gasteiger partial charge in [-0.15, -0.1) is 6.42 Å². The quantitative estimate of drug-likeness (QED) is 0.769. The Hall–Kier alpha value is -2.74. The van der Waals surface area contributed by atoms with Crippen LogP contribution in [0, 0.1) is 18.3 Å². The van der Waals surface area contributed by atoms with Crippen molar-refractivity contribution in [2.24, 2.45) is 5.92 Å². The van der Waals surface area contributed by atoms with Gasteiger partial charge in [0, 0.05) is 18.9 Å². The summed E-state index contributed by atoms with van der Waals surface area (Å²) in [7, 11) is 0. The van der Waals surface area contributed by atoms with Gasteiger partial charge in [0.25, 0.3) is 0 Å². The number of terminal acetylenes is 1. The lowest BCUT2D eigenvalue weighted by Gasteiger charge is -2.17. The molecule has 0 saturated carbocycles. The van der Waals surface area contributed by atoms with E-state index in [0.29, 0.717) is 6.54 Å². The second kappa shape index (κ2) is 8.78. The fourth-order valence-corrected chi connectivity index (χ4v) is 2.36. The van der Waals surface area contributed by atoms with Crippen LogP contribution in [0.5, 0.6) is 0 Å². The van der Waals surface area contributed by atoms with Crippen LogP contribution in [0.3, 0.4) is 0 Å². The van der Waals surface area contributed by atoms with E-state index in [2.05, 4.69) is 33.7 Å². The van der Waals surface area contributed by atoms with Crippen LogP contribution in [0.1, 0.15) is 25.2 Å². The Morgan fingerprint density at radius 3 is 2.75 bits per heavy atom. The van der Waals surface area contributed by atoms with Gasteiger partial charge in [-0.25, -0.2) is 9.78 Å². The molecule has 0 fully saturated rings. The monoisotopic (exact) mass is 324 g/mol. The first-order valence-corrected chi connectivity index (χ1v) is 8.14. The van der Waals surface area contributed by atoms with Crippen LogP contribution in [-0.4, -0.2) is 21.6 Å². The molecule has 5 nitrogen and oxygen atoms in total. The van der Waals surface area contributed by atoms with Crippen molar-refractivity contribution in [3.8, 4) is 12.3 Å². The van der Waals surface area contributed by atoms with Gasteiger partial charge in [0.05, 0.1) is 12.6 Å². The van der Waals surface area contributed by atoms with Crippen LogP contribution in [0.4, 0.5) is 4.79 Å². The Kier molecular flexibility index (Phi) is 6.44. The first kappa shape index (κ1) is 17.6. The van der Waals surface area contributed by atoms with E-state index in [1.807, 2.05) is 42.8 Å². The van der Waals surface area contributed by atoms with Gasteiger partial charge in [0.2, 0.25) is 0 Å². The highest BCUT2D eigenvalue weighted by atomic mass is 16.2. The molecule has 5 heteroatoms. The average Bonchev–Trinajstić information content (AvgIpc) is 3.04. The molecule has 0 aliphatic rings. The molecule has 1 atom stereocenters. The number of imidazole rings is 1. The van der Waals surface area contributed by atoms with E-state index in [9.17, 15) is 4.79 Å². The maximum atomic E-state index is 11.9. The predicted octanol–water partition coefficient (Wildman–Crippen LogP) is 2.58. The van der Waals surface area contributed by atoms with Crippen molar-refractivity contribution in [3.63, 3.8) is 0 Å². The number of hydrogen-bond acceptors (Lipinski definition) is 2. The number of benzene rings is 1. The number of carbonyl (C=O) groups is 1. The number of amides is 2. The molecule has 0 radical (unpaired) electrons. The van der Waals surface area contributed by atoms with E-state index in [4.69, 9.17) is 6.42 Å². The third kappa shape index (κ3) is 5.17. The molecule has 0 spiro atoms. The first-order chi connectivity index (χ1) is 11.6. The summed E-state index contributed by atoms with van der Waals surface area (Å²) in [4.78, 5) is 16.3. The van der Waals surface area contributed by atoms with Crippen LogP contribution in [0.25, 0.3) is 0 Å². The van der Waals surface area contributed by atoms with Gasteiger partial charge in [0.1, 0.15) is 5.82 Å². The fourth-order valence-electron chi connectivity index (χ4n) is 2.36. The molecule has 2 rings (SSSR count). The summed E-state index contributed by atoms with van der Waals surface area (Å²) in [6, 6.07) is 9.74. The van der Waals surface area contributed by atoms with E-state index in [0.717, 1.165) is 18.8 Å². The molecule has 0 aliphatic carbocycles. The summed E-state index contributed by atoms with van der Waals surface area (Å²) in [6.07, 6.45) is 10.0. The Morgan fingerprint density at radius 1 is 1.33 bits per heavy atom. The van der Waals surface area contributed by atoms with Crippen molar-refractivity contribution < 1.29 is 4.79 Å². The van der Waals surface area contributed by atoms with E-state index in [-0.39, 0.29) is 18.0 Å². The summed E-state index contributed by atoms with van der Waals surface area (Å²) in [5.41, 5.74) is 1.27. The zero-order valence-electron chi connectivity index (χ0n) is 14.2. The minimum Gasteiger partial charge on any atom is -0.333 e. The Balaban J connectivity index is 1.84. The van der Waals surface area contributed by atoms with Crippen molar-refractivity contribution in [1.29, 1.82) is 0 Å². The molecule has 0 saturated heterocycles. The number of nitrogens with zero attached hydrogens (tertiary/aromatic N) is 2. The molecule has 0 bridgehead atoms. The number of urea groups is 1. The molecule has 24 heavy (non-hydrogen) atoms. The highest BCUT2D eigenvalue weighted by Crippen LogP contribution is 2.05. The normalized spacial score (nSPS) is 11.8. The summed E-state index contributed by atoms with van der Waals surface area (Å²) in [5, 5.41) is 5.60. The molecule has 2 amide bonds. The molecule has 2 aromatic rings. The Morgan fingerprint density at radius 2 is 2.08 bits per heavy atom. The summed E-state index contributed by atoms with van der Waals surface area (Å²) >= 11 is 0. The smallest absolute Gasteiger partial charge is 0.316 e. The van der Waals surface area contributed by atoms with Gasteiger partial charge in [0.15, 0.2) is 0 Å². The number of carbonyl (C=O) groups excluding carboxylic acids is 1. The van der Waals surface area contributed by atoms with Crippen LogP contribution in [0.2, 0.25) is 0 Å². The molecular formula is C19H24N4O.